The number of benzene rings is 2. The van der Waals surface area contributed by atoms with Gasteiger partial charge in [-0.2, -0.15) is 5.26 Å². The number of fused-ring (bicyclic) bond motifs is 1. The molecule has 1 atom stereocenters. The number of nitriles is 1. The minimum absolute atomic E-state index is 0.0419. The van der Waals surface area contributed by atoms with Crippen molar-refractivity contribution < 1.29 is 14.6 Å². The second-order valence-electron chi connectivity index (χ2n) is 5.67. The number of nitrogens with one attached hydrogen (secondary N) is 1. The van der Waals surface area contributed by atoms with E-state index in [1.165, 1.54) is 18.1 Å². The zero-order valence-electron chi connectivity index (χ0n) is 14.4. The third-order valence-electron chi connectivity index (χ3n) is 3.88. The van der Waals surface area contributed by atoms with Gasteiger partial charge in [0.05, 0.1) is 7.11 Å². The Balaban J connectivity index is 1.80. The van der Waals surface area contributed by atoms with Crippen molar-refractivity contribution >= 4 is 41.2 Å². The minimum atomic E-state index is -0.801. The molecule has 1 amide bonds. The molecule has 0 bridgehead atoms. The third-order valence-corrected chi connectivity index (χ3v) is 6.41. The molecule has 0 radical (unpaired) electrons. The van der Waals surface area contributed by atoms with Crippen LogP contribution in [0.4, 0.5) is 5.69 Å². The molecule has 1 aliphatic heterocycles. The molecule has 0 aliphatic carbocycles. The average Bonchev–Trinajstić information content (AvgIpc) is 3.08. The standard InChI is InChI=1S/C19H17N3O3S2/c1-25-15-8-11(6-12(9-20)18(21)24)7-13(17(15)23)10-26-19-22-14-4-2-3-5-16(14)27-19/h2-8,19,22-23H,10H2,1H3,(H2,21,24)/b12-6-. The first-order chi connectivity index (χ1) is 13.0. The second-order valence-corrected chi connectivity index (χ2v) is 8.20. The number of hydrogen-bond acceptors (Lipinski definition) is 7. The Bertz CT molecular complexity index is 929. The molecule has 27 heavy (non-hydrogen) atoms. The van der Waals surface area contributed by atoms with E-state index in [1.807, 2.05) is 18.2 Å². The van der Waals surface area contributed by atoms with Crippen molar-refractivity contribution in [1.82, 2.24) is 0 Å². The van der Waals surface area contributed by atoms with Gasteiger partial charge >= 0.3 is 0 Å². The summed E-state index contributed by atoms with van der Waals surface area (Å²) in [7, 11) is 1.45. The summed E-state index contributed by atoms with van der Waals surface area (Å²) in [6.07, 6.45) is 1.39. The molecule has 3 rings (SSSR count). The van der Waals surface area contributed by atoms with Gasteiger partial charge in [0, 0.05) is 21.9 Å². The number of hydrogen-bond donors (Lipinski definition) is 3. The third kappa shape index (κ3) is 4.32. The number of primary amides is 1. The number of carbonyl (C=O) groups is 1. The van der Waals surface area contributed by atoms with Crippen LogP contribution in [0.15, 0.2) is 46.9 Å². The number of phenols is 1. The summed E-state index contributed by atoms with van der Waals surface area (Å²) in [5, 5.41) is 22.9. The van der Waals surface area contributed by atoms with Gasteiger partial charge in [0.25, 0.3) is 5.91 Å². The van der Waals surface area contributed by atoms with E-state index in [-0.39, 0.29) is 21.8 Å². The highest BCUT2D eigenvalue weighted by Gasteiger charge is 2.22. The number of thioether (sulfide) groups is 2. The molecule has 0 saturated heterocycles. The SMILES string of the molecule is COc1cc(/C=C(/C#N)C(N)=O)cc(CSC2Nc3ccccc3S2)c1O. The van der Waals surface area contributed by atoms with Crippen molar-refractivity contribution in [3.05, 3.63) is 53.1 Å². The second kappa shape index (κ2) is 8.29. The molecule has 0 aromatic heterocycles. The summed E-state index contributed by atoms with van der Waals surface area (Å²) >= 11 is 3.34. The number of methoxy groups -OCH3 is 1. The van der Waals surface area contributed by atoms with Gasteiger partial charge in [-0.3, -0.25) is 4.79 Å². The highest BCUT2D eigenvalue weighted by molar-refractivity contribution is 8.17. The van der Waals surface area contributed by atoms with E-state index in [0.717, 1.165) is 5.69 Å². The number of amides is 1. The van der Waals surface area contributed by atoms with E-state index in [0.29, 0.717) is 16.9 Å². The fourth-order valence-corrected chi connectivity index (χ4v) is 4.94. The number of carbonyl (C=O) groups excluding carboxylic acids is 1. The molecule has 138 valence electrons. The number of rotatable bonds is 6. The Morgan fingerprint density at radius 3 is 2.93 bits per heavy atom. The van der Waals surface area contributed by atoms with Crippen molar-refractivity contribution in [2.24, 2.45) is 5.73 Å². The Kier molecular flexibility index (Phi) is 5.84. The summed E-state index contributed by atoms with van der Waals surface area (Å²) in [4.78, 5) is 12.5. The van der Waals surface area contributed by atoms with Gasteiger partial charge in [-0.05, 0) is 35.9 Å². The maximum atomic E-state index is 11.3. The summed E-state index contributed by atoms with van der Waals surface area (Å²) in [5.74, 6) is 0.0301. The smallest absolute Gasteiger partial charge is 0.259 e. The lowest BCUT2D eigenvalue weighted by Crippen LogP contribution is -2.12. The fourth-order valence-electron chi connectivity index (χ4n) is 2.56. The van der Waals surface area contributed by atoms with Crippen LogP contribution in [0.25, 0.3) is 6.08 Å². The molecule has 0 spiro atoms. The van der Waals surface area contributed by atoms with E-state index in [2.05, 4.69) is 11.4 Å². The molecule has 1 heterocycles. The van der Waals surface area contributed by atoms with Crippen molar-refractivity contribution in [3.8, 4) is 17.6 Å². The highest BCUT2D eigenvalue weighted by atomic mass is 32.2. The van der Waals surface area contributed by atoms with Gasteiger partial charge in [-0.1, -0.05) is 23.9 Å². The molecule has 0 saturated carbocycles. The van der Waals surface area contributed by atoms with Crippen LogP contribution >= 0.6 is 23.5 Å². The molecule has 2 aromatic rings. The first-order valence-electron chi connectivity index (χ1n) is 7.97. The fraction of sp³-hybridized carbons (Fsp3) is 0.158. The van der Waals surface area contributed by atoms with E-state index >= 15 is 0 Å². The molecule has 8 heteroatoms. The summed E-state index contributed by atoms with van der Waals surface area (Å²) < 4.78 is 5.33. The van der Waals surface area contributed by atoms with Gasteiger partial charge in [0.1, 0.15) is 16.3 Å². The average molecular weight is 399 g/mol. The Morgan fingerprint density at radius 1 is 1.48 bits per heavy atom. The lowest BCUT2D eigenvalue weighted by molar-refractivity contribution is -0.114. The van der Waals surface area contributed by atoms with Crippen molar-refractivity contribution in [1.29, 1.82) is 5.26 Å². The summed E-state index contributed by atoms with van der Waals surface area (Å²) in [6, 6.07) is 13.1. The number of para-hydroxylation sites is 1. The number of phenolic OH excluding ortho intramolecular Hbond substituents is 1. The number of aromatic hydroxyl groups is 1. The number of nitrogens with two attached hydrogens (primary N) is 1. The Hall–Kier alpha value is -2.76. The molecule has 1 aliphatic rings. The van der Waals surface area contributed by atoms with E-state index in [1.54, 1.807) is 41.7 Å². The summed E-state index contributed by atoms with van der Waals surface area (Å²) in [6.45, 7) is 0. The maximum Gasteiger partial charge on any atom is 0.259 e. The van der Waals surface area contributed by atoms with Crippen LogP contribution in [0.5, 0.6) is 11.5 Å². The quantitative estimate of drug-likeness (QED) is 0.504. The monoisotopic (exact) mass is 399 g/mol. The van der Waals surface area contributed by atoms with Crippen LogP contribution in [0.1, 0.15) is 11.1 Å². The molecule has 6 nitrogen and oxygen atoms in total. The number of ether oxygens (including phenoxy) is 1. The van der Waals surface area contributed by atoms with Gasteiger partial charge in [-0.25, -0.2) is 0 Å². The number of nitrogens with zero attached hydrogens (tertiary/aromatic N) is 1. The molecular formula is C19H17N3O3S2. The van der Waals surface area contributed by atoms with E-state index in [4.69, 9.17) is 15.7 Å². The number of anilines is 1. The highest BCUT2D eigenvalue weighted by Crippen LogP contribution is 2.44. The Labute approximate surface area is 165 Å². The van der Waals surface area contributed by atoms with Crippen LogP contribution in [-0.2, 0) is 10.5 Å². The molecule has 1 unspecified atom stereocenters. The molecular weight excluding hydrogens is 382 g/mol. The summed E-state index contributed by atoms with van der Waals surface area (Å²) in [5.41, 5.74) is 7.33. The molecule has 2 aromatic carbocycles. The predicted octanol–water partition coefficient (Wildman–Crippen LogP) is 3.53. The maximum absolute atomic E-state index is 11.3. The first kappa shape index (κ1) is 19.0. The predicted molar refractivity (Wildman–Crippen MR) is 108 cm³/mol. The largest absolute Gasteiger partial charge is 0.504 e. The first-order valence-corrected chi connectivity index (χ1v) is 9.90. The topological polar surface area (TPSA) is 108 Å². The van der Waals surface area contributed by atoms with Crippen molar-refractivity contribution in [2.45, 2.75) is 15.4 Å². The normalized spacial score (nSPS) is 15.6. The van der Waals surface area contributed by atoms with Crippen LogP contribution < -0.4 is 15.8 Å². The van der Waals surface area contributed by atoms with Crippen LogP contribution in [0, 0.1) is 11.3 Å². The van der Waals surface area contributed by atoms with Crippen LogP contribution in [-0.4, -0.2) is 22.8 Å². The van der Waals surface area contributed by atoms with Gasteiger partial charge in [-0.15, -0.1) is 11.8 Å². The Morgan fingerprint density at radius 2 is 2.26 bits per heavy atom. The van der Waals surface area contributed by atoms with Gasteiger partial charge in [0.15, 0.2) is 11.5 Å². The van der Waals surface area contributed by atoms with Crippen molar-refractivity contribution in [3.63, 3.8) is 0 Å². The van der Waals surface area contributed by atoms with E-state index < -0.39 is 5.91 Å². The molecule has 0 fully saturated rings. The van der Waals surface area contributed by atoms with E-state index in [9.17, 15) is 9.90 Å². The lowest BCUT2D eigenvalue weighted by atomic mass is 10.1. The lowest BCUT2D eigenvalue weighted by Gasteiger charge is -2.13. The zero-order valence-corrected chi connectivity index (χ0v) is 16.1. The zero-order chi connectivity index (χ0) is 19.4. The van der Waals surface area contributed by atoms with Gasteiger partial charge < -0.3 is 20.9 Å². The van der Waals surface area contributed by atoms with Gasteiger partial charge in [0.2, 0.25) is 0 Å². The van der Waals surface area contributed by atoms with Crippen LogP contribution in [0.3, 0.4) is 0 Å². The minimum Gasteiger partial charge on any atom is -0.504 e. The molecule has 4 N–H and O–H groups in total. The van der Waals surface area contributed by atoms with Crippen molar-refractivity contribution in [2.75, 3.05) is 12.4 Å². The van der Waals surface area contributed by atoms with Crippen LogP contribution in [0.2, 0.25) is 0 Å².